The van der Waals surface area contributed by atoms with Crippen molar-refractivity contribution in [3.8, 4) is 0 Å². The number of ether oxygens (including phenoxy) is 1. The monoisotopic (exact) mass is 472 g/mol. The molecular weight excluding hydrogens is 432 g/mol. The fourth-order valence-electron chi connectivity index (χ4n) is 6.24. The van der Waals surface area contributed by atoms with Crippen LogP contribution >= 0.6 is 11.3 Å². The zero-order valence-corrected chi connectivity index (χ0v) is 21.2. The third-order valence-electron chi connectivity index (χ3n) is 8.44. The first kappa shape index (κ1) is 23.5. The van der Waals surface area contributed by atoms with E-state index < -0.39 is 0 Å². The van der Waals surface area contributed by atoms with Gasteiger partial charge in [-0.3, -0.25) is 9.58 Å². The molecule has 0 bridgehead atoms. The molecule has 6 nitrogen and oxygen atoms in total. The Hall–Kier alpha value is -1.28. The lowest BCUT2D eigenvalue weighted by molar-refractivity contribution is 0.0358. The van der Waals surface area contributed by atoms with Gasteiger partial charge in [-0.15, -0.1) is 16.4 Å². The van der Waals surface area contributed by atoms with E-state index in [2.05, 4.69) is 46.0 Å². The Bertz CT molecular complexity index is 915. The summed E-state index contributed by atoms with van der Waals surface area (Å²) in [7, 11) is 0. The number of aliphatic hydroxyl groups excluding tert-OH is 1. The molecule has 4 heterocycles. The minimum atomic E-state index is 0.247. The van der Waals surface area contributed by atoms with Crippen molar-refractivity contribution in [2.75, 3.05) is 26.4 Å². The van der Waals surface area contributed by atoms with Crippen molar-refractivity contribution < 1.29 is 9.84 Å². The first-order valence-corrected chi connectivity index (χ1v) is 13.8. The number of thiophene rings is 1. The van der Waals surface area contributed by atoms with Gasteiger partial charge in [0.15, 0.2) is 0 Å². The van der Waals surface area contributed by atoms with E-state index in [-0.39, 0.29) is 6.61 Å². The second-order valence-corrected chi connectivity index (χ2v) is 11.8. The SMILES string of the molecule is CCc1cc(C2CCN(Cc3cn(CC4(C5CCOCC5)CC4)nn3)[C@@H](C)C2)c(CCO)s1. The summed E-state index contributed by atoms with van der Waals surface area (Å²) >= 11 is 1.90. The van der Waals surface area contributed by atoms with Gasteiger partial charge in [0.25, 0.3) is 0 Å². The van der Waals surface area contributed by atoms with Crippen molar-refractivity contribution in [2.24, 2.45) is 11.3 Å². The molecule has 2 aromatic heterocycles. The van der Waals surface area contributed by atoms with Crippen LogP contribution in [0.4, 0.5) is 0 Å². The van der Waals surface area contributed by atoms with E-state index in [1.165, 1.54) is 53.8 Å². The van der Waals surface area contributed by atoms with Gasteiger partial charge in [0, 0.05) is 61.3 Å². The van der Waals surface area contributed by atoms with Gasteiger partial charge in [0.05, 0.1) is 5.69 Å². The van der Waals surface area contributed by atoms with Gasteiger partial charge in [-0.25, -0.2) is 0 Å². The Labute approximate surface area is 202 Å². The second-order valence-electron chi connectivity index (χ2n) is 10.6. The maximum atomic E-state index is 9.51. The summed E-state index contributed by atoms with van der Waals surface area (Å²) in [6.07, 6.45) is 11.5. The number of hydrogen-bond donors (Lipinski definition) is 1. The molecule has 3 fully saturated rings. The normalized spacial score (nSPS) is 26.0. The second kappa shape index (κ2) is 10.1. The number of aromatic nitrogens is 3. The van der Waals surface area contributed by atoms with Gasteiger partial charge < -0.3 is 9.84 Å². The molecule has 1 saturated carbocycles. The third-order valence-corrected chi connectivity index (χ3v) is 9.80. The molecular formula is C26H40N4O2S. The summed E-state index contributed by atoms with van der Waals surface area (Å²) in [5.74, 6) is 1.40. The van der Waals surface area contributed by atoms with Crippen LogP contribution in [0.1, 0.15) is 79.3 Å². The molecule has 1 unspecified atom stereocenters. The van der Waals surface area contributed by atoms with E-state index >= 15 is 0 Å². The van der Waals surface area contributed by atoms with Crippen molar-refractivity contribution in [1.82, 2.24) is 19.9 Å². The Kier molecular flexibility index (Phi) is 7.21. The van der Waals surface area contributed by atoms with Crippen LogP contribution < -0.4 is 0 Å². The van der Waals surface area contributed by atoms with E-state index in [0.29, 0.717) is 17.4 Å². The average molecular weight is 473 g/mol. The van der Waals surface area contributed by atoms with Crippen molar-refractivity contribution >= 4 is 11.3 Å². The predicted molar refractivity (Wildman–Crippen MR) is 132 cm³/mol. The number of aliphatic hydroxyl groups is 1. The highest BCUT2D eigenvalue weighted by atomic mass is 32.1. The molecule has 1 aliphatic carbocycles. The zero-order chi connectivity index (χ0) is 22.8. The van der Waals surface area contributed by atoms with Crippen molar-refractivity contribution in [1.29, 1.82) is 0 Å². The molecule has 0 amide bonds. The molecule has 0 spiro atoms. The molecule has 182 valence electrons. The fraction of sp³-hybridized carbons (Fsp3) is 0.769. The molecule has 33 heavy (non-hydrogen) atoms. The maximum absolute atomic E-state index is 9.51. The number of likely N-dealkylation sites (tertiary alicyclic amines) is 1. The van der Waals surface area contributed by atoms with Crippen LogP contribution in [0, 0.1) is 11.3 Å². The number of rotatable bonds is 9. The van der Waals surface area contributed by atoms with Crippen LogP contribution in [0.5, 0.6) is 0 Å². The molecule has 7 heteroatoms. The van der Waals surface area contributed by atoms with Gasteiger partial charge in [-0.05, 0) is 87.3 Å². The molecule has 1 N–H and O–H groups in total. The van der Waals surface area contributed by atoms with Gasteiger partial charge in [0.2, 0.25) is 0 Å². The highest BCUT2D eigenvalue weighted by Crippen LogP contribution is 2.56. The first-order valence-electron chi connectivity index (χ1n) is 13.0. The highest BCUT2D eigenvalue weighted by molar-refractivity contribution is 7.12. The summed E-state index contributed by atoms with van der Waals surface area (Å²) in [6, 6.07) is 2.94. The summed E-state index contributed by atoms with van der Waals surface area (Å²) in [6.45, 7) is 9.70. The highest BCUT2D eigenvalue weighted by Gasteiger charge is 2.49. The van der Waals surface area contributed by atoms with E-state index in [1.807, 2.05) is 11.3 Å². The fourth-order valence-corrected chi connectivity index (χ4v) is 7.42. The molecule has 3 aliphatic rings. The standard InChI is InChI=1S/C26H40N4O2S/c1-3-23-15-24(25(33-23)5-11-31)20-4-10-29(19(2)14-20)16-22-17-30(28-27-22)18-26(8-9-26)21-6-12-32-13-7-21/h15,17,19-21,31H,3-14,16,18H2,1-2H3/t19-,20?/m0/s1. The van der Waals surface area contributed by atoms with Crippen LogP contribution in [0.25, 0.3) is 0 Å². The molecule has 0 radical (unpaired) electrons. The maximum Gasteiger partial charge on any atom is 0.0967 e. The third kappa shape index (κ3) is 5.21. The molecule has 2 atom stereocenters. The number of aryl methyl sites for hydroxylation is 1. The molecule has 2 aliphatic heterocycles. The molecule has 2 saturated heterocycles. The van der Waals surface area contributed by atoms with Crippen LogP contribution in [0.15, 0.2) is 12.3 Å². The van der Waals surface area contributed by atoms with Crippen molar-refractivity contribution in [2.45, 2.75) is 90.3 Å². The lowest BCUT2D eigenvalue weighted by Gasteiger charge is -2.37. The topological polar surface area (TPSA) is 63.4 Å². The number of hydrogen-bond acceptors (Lipinski definition) is 6. The molecule has 0 aromatic carbocycles. The van der Waals surface area contributed by atoms with E-state index in [1.54, 1.807) is 0 Å². The van der Waals surface area contributed by atoms with E-state index in [9.17, 15) is 5.11 Å². The van der Waals surface area contributed by atoms with Gasteiger partial charge in [-0.1, -0.05) is 12.1 Å². The summed E-state index contributed by atoms with van der Waals surface area (Å²) in [4.78, 5) is 5.44. The minimum Gasteiger partial charge on any atom is -0.396 e. The van der Waals surface area contributed by atoms with Crippen molar-refractivity contribution in [3.05, 3.63) is 33.3 Å². The Morgan fingerprint density at radius 3 is 2.76 bits per heavy atom. The molecule has 2 aromatic rings. The van der Waals surface area contributed by atoms with Crippen molar-refractivity contribution in [3.63, 3.8) is 0 Å². The zero-order valence-electron chi connectivity index (χ0n) is 20.3. The molecule has 5 rings (SSSR count). The average Bonchev–Trinajstić information content (AvgIpc) is 3.29. The van der Waals surface area contributed by atoms with Crippen LogP contribution in [0.3, 0.4) is 0 Å². The van der Waals surface area contributed by atoms with E-state index in [4.69, 9.17) is 4.74 Å². The Morgan fingerprint density at radius 1 is 1.24 bits per heavy atom. The Balaban J connectivity index is 1.17. The van der Waals surface area contributed by atoms with Crippen LogP contribution in [-0.4, -0.2) is 57.4 Å². The number of piperidine rings is 1. The van der Waals surface area contributed by atoms with Crippen LogP contribution in [-0.2, 0) is 30.7 Å². The number of nitrogens with zero attached hydrogens (tertiary/aromatic N) is 4. The first-order chi connectivity index (χ1) is 16.1. The van der Waals surface area contributed by atoms with Gasteiger partial charge in [-0.2, -0.15) is 0 Å². The van der Waals surface area contributed by atoms with Gasteiger partial charge >= 0.3 is 0 Å². The van der Waals surface area contributed by atoms with Gasteiger partial charge in [0.1, 0.15) is 0 Å². The van der Waals surface area contributed by atoms with Crippen LogP contribution in [0.2, 0.25) is 0 Å². The largest absolute Gasteiger partial charge is 0.396 e. The summed E-state index contributed by atoms with van der Waals surface area (Å²) in [5, 5.41) is 18.6. The summed E-state index contributed by atoms with van der Waals surface area (Å²) in [5.41, 5.74) is 3.06. The Morgan fingerprint density at radius 2 is 2.06 bits per heavy atom. The lowest BCUT2D eigenvalue weighted by atomic mass is 9.83. The predicted octanol–water partition coefficient (Wildman–Crippen LogP) is 4.41. The smallest absolute Gasteiger partial charge is 0.0967 e. The summed E-state index contributed by atoms with van der Waals surface area (Å²) < 4.78 is 7.70. The van der Waals surface area contributed by atoms with E-state index in [0.717, 1.165) is 57.3 Å². The quantitative estimate of drug-likeness (QED) is 0.586. The lowest BCUT2D eigenvalue weighted by Crippen LogP contribution is -2.39. The minimum absolute atomic E-state index is 0.247.